The van der Waals surface area contributed by atoms with Crippen LogP contribution in [0.4, 0.5) is 8.78 Å². The Kier molecular flexibility index (Phi) is 7.25. The van der Waals surface area contributed by atoms with Crippen molar-refractivity contribution in [1.29, 1.82) is 0 Å². The van der Waals surface area contributed by atoms with Crippen LogP contribution >= 0.6 is 0 Å². The fraction of sp³-hybridized carbons (Fsp3) is 0.500. The van der Waals surface area contributed by atoms with E-state index in [2.05, 4.69) is 6.92 Å². The van der Waals surface area contributed by atoms with Crippen LogP contribution in [-0.4, -0.2) is 0 Å². The molecule has 1 saturated carbocycles. The average molecular weight is 372 g/mol. The van der Waals surface area contributed by atoms with Crippen LogP contribution in [0.3, 0.4) is 0 Å². The van der Waals surface area contributed by atoms with Gasteiger partial charge in [0.1, 0.15) is 24.0 Å². The molecule has 3 rings (SSSR count). The first-order valence-electron chi connectivity index (χ1n) is 10.3. The largest absolute Gasteiger partial charge is 0.489 e. The van der Waals surface area contributed by atoms with E-state index in [0.717, 1.165) is 29.9 Å². The third-order valence-electron chi connectivity index (χ3n) is 5.75. The number of hydrogen-bond donors (Lipinski definition) is 0. The molecular weight excluding hydrogens is 342 g/mol. The van der Waals surface area contributed by atoms with Gasteiger partial charge in [0.25, 0.3) is 0 Å². The van der Waals surface area contributed by atoms with E-state index in [4.69, 9.17) is 4.74 Å². The van der Waals surface area contributed by atoms with Crippen LogP contribution < -0.4 is 4.74 Å². The molecule has 0 radical (unpaired) electrons. The van der Waals surface area contributed by atoms with Crippen molar-refractivity contribution in [1.82, 2.24) is 0 Å². The monoisotopic (exact) mass is 372 g/mol. The van der Waals surface area contributed by atoms with Crippen LogP contribution in [0.5, 0.6) is 5.75 Å². The highest BCUT2D eigenvalue weighted by Crippen LogP contribution is 2.39. The van der Waals surface area contributed by atoms with E-state index in [1.807, 2.05) is 6.07 Å². The SMILES string of the molecule is CCCCCC1CCC(c2cc(F)cc(OCc3ccc(F)cc3)c2)CC1. The number of hydrogen-bond acceptors (Lipinski definition) is 1. The van der Waals surface area contributed by atoms with Crippen molar-refractivity contribution in [2.45, 2.75) is 70.8 Å². The molecule has 1 aliphatic rings. The van der Waals surface area contributed by atoms with Crippen molar-refractivity contribution < 1.29 is 13.5 Å². The van der Waals surface area contributed by atoms with Gasteiger partial charge in [-0.05, 0) is 72.9 Å². The molecule has 0 aromatic heterocycles. The molecule has 0 spiro atoms. The lowest BCUT2D eigenvalue weighted by Gasteiger charge is -2.29. The van der Waals surface area contributed by atoms with Crippen molar-refractivity contribution >= 4 is 0 Å². The fourth-order valence-electron chi connectivity index (χ4n) is 4.12. The number of benzene rings is 2. The Morgan fingerprint density at radius 2 is 1.63 bits per heavy atom. The Labute approximate surface area is 161 Å². The summed E-state index contributed by atoms with van der Waals surface area (Å²) in [6.45, 7) is 2.56. The van der Waals surface area contributed by atoms with E-state index in [0.29, 0.717) is 18.3 Å². The van der Waals surface area contributed by atoms with Gasteiger partial charge < -0.3 is 4.74 Å². The topological polar surface area (TPSA) is 9.23 Å². The van der Waals surface area contributed by atoms with Gasteiger partial charge >= 0.3 is 0 Å². The molecule has 27 heavy (non-hydrogen) atoms. The normalized spacial score (nSPS) is 19.8. The highest BCUT2D eigenvalue weighted by molar-refractivity contribution is 5.32. The van der Waals surface area contributed by atoms with Crippen molar-refractivity contribution in [3.63, 3.8) is 0 Å². The first-order chi connectivity index (χ1) is 13.1. The Morgan fingerprint density at radius 3 is 2.33 bits per heavy atom. The third kappa shape index (κ3) is 6.05. The Hall–Kier alpha value is -1.90. The molecule has 1 fully saturated rings. The first-order valence-corrected chi connectivity index (χ1v) is 10.3. The molecule has 0 heterocycles. The van der Waals surface area contributed by atoms with Crippen LogP contribution in [0.2, 0.25) is 0 Å². The van der Waals surface area contributed by atoms with Crippen LogP contribution in [0, 0.1) is 17.6 Å². The summed E-state index contributed by atoms with van der Waals surface area (Å²) >= 11 is 0. The molecular formula is C24H30F2O. The summed E-state index contributed by atoms with van der Waals surface area (Å²) in [5.41, 5.74) is 1.92. The zero-order valence-corrected chi connectivity index (χ0v) is 16.2. The predicted octanol–water partition coefficient (Wildman–Crippen LogP) is 7.40. The van der Waals surface area contributed by atoms with E-state index in [1.54, 1.807) is 18.2 Å². The van der Waals surface area contributed by atoms with E-state index in [1.165, 1.54) is 56.7 Å². The summed E-state index contributed by atoms with van der Waals surface area (Å²) in [4.78, 5) is 0. The molecule has 3 heteroatoms. The molecule has 0 aliphatic heterocycles. The third-order valence-corrected chi connectivity index (χ3v) is 5.75. The van der Waals surface area contributed by atoms with Gasteiger partial charge in [-0.15, -0.1) is 0 Å². The standard InChI is InChI=1S/C24H30F2O/c1-2-3-4-5-18-6-10-20(11-7-18)21-14-23(26)16-24(15-21)27-17-19-8-12-22(25)13-9-19/h8-9,12-16,18,20H,2-7,10-11,17H2,1H3. The summed E-state index contributed by atoms with van der Waals surface area (Å²) in [6.07, 6.45) is 10.1. The molecule has 1 aliphatic carbocycles. The van der Waals surface area contributed by atoms with Crippen LogP contribution in [0.1, 0.15) is 75.3 Å². The van der Waals surface area contributed by atoms with Gasteiger partial charge in [0.05, 0.1) is 0 Å². The summed E-state index contributed by atoms with van der Waals surface area (Å²) in [5.74, 6) is 1.31. The number of halogens is 2. The smallest absolute Gasteiger partial charge is 0.127 e. The highest BCUT2D eigenvalue weighted by Gasteiger charge is 2.23. The first kappa shape index (κ1) is 19.9. The molecule has 2 aromatic carbocycles. The number of ether oxygens (including phenoxy) is 1. The van der Waals surface area contributed by atoms with Gasteiger partial charge in [0, 0.05) is 6.07 Å². The highest BCUT2D eigenvalue weighted by atomic mass is 19.1. The molecule has 146 valence electrons. The van der Waals surface area contributed by atoms with E-state index < -0.39 is 0 Å². The van der Waals surface area contributed by atoms with Crippen LogP contribution in [-0.2, 0) is 6.61 Å². The van der Waals surface area contributed by atoms with Gasteiger partial charge in [-0.3, -0.25) is 0 Å². The Morgan fingerprint density at radius 1 is 0.889 bits per heavy atom. The van der Waals surface area contributed by atoms with Crippen molar-refractivity contribution in [2.75, 3.05) is 0 Å². The number of unbranched alkanes of at least 4 members (excludes halogenated alkanes) is 2. The molecule has 0 atom stereocenters. The van der Waals surface area contributed by atoms with Crippen molar-refractivity contribution in [2.24, 2.45) is 5.92 Å². The van der Waals surface area contributed by atoms with Crippen LogP contribution in [0.15, 0.2) is 42.5 Å². The molecule has 0 amide bonds. The van der Waals surface area contributed by atoms with Gasteiger partial charge in [-0.25, -0.2) is 8.78 Å². The summed E-state index contributed by atoms with van der Waals surface area (Å²) in [5, 5.41) is 0. The molecule has 2 aromatic rings. The second-order valence-electron chi connectivity index (χ2n) is 7.85. The second kappa shape index (κ2) is 9.87. The maximum absolute atomic E-state index is 14.1. The van der Waals surface area contributed by atoms with Crippen molar-refractivity contribution in [3.8, 4) is 5.75 Å². The van der Waals surface area contributed by atoms with E-state index in [-0.39, 0.29) is 11.6 Å². The van der Waals surface area contributed by atoms with Crippen molar-refractivity contribution in [3.05, 3.63) is 65.2 Å². The van der Waals surface area contributed by atoms with Gasteiger partial charge in [-0.2, -0.15) is 0 Å². The zero-order chi connectivity index (χ0) is 19.1. The Bertz CT molecular complexity index is 703. The number of rotatable bonds is 8. The summed E-state index contributed by atoms with van der Waals surface area (Å²) < 4.78 is 32.9. The molecule has 0 N–H and O–H groups in total. The minimum atomic E-state index is -0.267. The maximum atomic E-state index is 14.1. The minimum Gasteiger partial charge on any atom is -0.489 e. The summed E-state index contributed by atoms with van der Waals surface area (Å²) in [6, 6.07) is 11.3. The molecule has 0 bridgehead atoms. The Balaban J connectivity index is 1.56. The lowest BCUT2D eigenvalue weighted by molar-refractivity contribution is 0.295. The fourth-order valence-corrected chi connectivity index (χ4v) is 4.12. The zero-order valence-electron chi connectivity index (χ0n) is 16.2. The molecule has 0 saturated heterocycles. The van der Waals surface area contributed by atoms with Gasteiger partial charge in [-0.1, -0.05) is 44.7 Å². The maximum Gasteiger partial charge on any atom is 0.127 e. The molecule has 0 unspecified atom stereocenters. The minimum absolute atomic E-state index is 0.244. The molecule has 1 nitrogen and oxygen atoms in total. The van der Waals surface area contributed by atoms with E-state index >= 15 is 0 Å². The predicted molar refractivity (Wildman–Crippen MR) is 106 cm³/mol. The summed E-state index contributed by atoms with van der Waals surface area (Å²) in [7, 11) is 0. The lowest BCUT2D eigenvalue weighted by atomic mass is 9.77. The second-order valence-corrected chi connectivity index (χ2v) is 7.85. The van der Waals surface area contributed by atoms with E-state index in [9.17, 15) is 8.78 Å². The van der Waals surface area contributed by atoms with Gasteiger partial charge in [0.15, 0.2) is 0 Å². The van der Waals surface area contributed by atoms with Gasteiger partial charge in [0.2, 0.25) is 0 Å². The van der Waals surface area contributed by atoms with Crippen LogP contribution in [0.25, 0.3) is 0 Å². The quantitative estimate of drug-likeness (QED) is 0.439. The average Bonchev–Trinajstić information content (AvgIpc) is 2.68. The lowest BCUT2D eigenvalue weighted by Crippen LogP contribution is -2.13.